The van der Waals surface area contributed by atoms with Crippen molar-refractivity contribution in [1.29, 1.82) is 0 Å². The Balaban J connectivity index is 1.37. The van der Waals surface area contributed by atoms with Crippen molar-refractivity contribution in [2.24, 2.45) is 17.3 Å². The quantitative estimate of drug-likeness (QED) is 0.798. The maximum absolute atomic E-state index is 12.6. The standard InChI is InChI=1S/C17H25BrN4O/c1-12(8-22-11-19-10-20-22)21-15(23)7-16-3-13-2-14(4-16)6-17(18,5-13)9-16/h10-14H,2-9H2,1H3,(H,21,23). The Kier molecular flexibility index (Phi) is 3.78. The molecular weight excluding hydrogens is 356 g/mol. The molecule has 1 aromatic rings. The van der Waals surface area contributed by atoms with E-state index in [9.17, 15) is 4.79 Å². The van der Waals surface area contributed by atoms with Crippen LogP contribution in [0, 0.1) is 17.3 Å². The molecule has 1 amide bonds. The summed E-state index contributed by atoms with van der Waals surface area (Å²) in [6.45, 7) is 2.71. The van der Waals surface area contributed by atoms with Crippen LogP contribution >= 0.6 is 15.9 Å². The van der Waals surface area contributed by atoms with Gasteiger partial charge in [0, 0.05) is 16.8 Å². The lowest BCUT2D eigenvalue weighted by molar-refractivity contribution is -0.128. The first-order valence-electron chi connectivity index (χ1n) is 8.74. The summed E-state index contributed by atoms with van der Waals surface area (Å²) in [7, 11) is 0. The van der Waals surface area contributed by atoms with Gasteiger partial charge in [-0.3, -0.25) is 9.48 Å². The highest BCUT2D eigenvalue weighted by Gasteiger charge is 2.57. The van der Waals surface area contributed by atoms with Crippen LogP contribution in [-0.4, -0.2) is 31.0 Å². The maximum Gasteiger partial charge on any atom is 0.220 e. The maximum atomic E-state index is 12.6. The minimum Gasteiger partial charge on any atom is -0.352 e. The summed E-state index contributed by atoms with van der Waals surface area (Å²) >= 11 is 4.02. The molecule has 0 aliphatic heterocycles. The van der Waals surface area contributed by atoms with Gasteiger partial charge in [0.05, 0.1) is 6.54 Å². The van der Waals surface area contributed by atoms with Gasteiger partial charge in [0.2, 0.25) is 5.91 Å². The third kappa shape index (κ3) is 3.19. The van der Waals surface area contributed by atoms with E-state index in [1.807, 2.05) is 6.92 Å². The summed E-state index contributed by atoms with van der Waals surface area (Å²) in [6, 6.07) is 0.0797. The minimum atomic E-state index is 0.0797. The van der Waals surface area contributed by atoms with Crippen LogP contribution in [0.4, 0.5) is 0 Å². The number of halogens is 1. The fraction of sp³-hybridized carbons (Fsp3) is 0.824. The molecule has 0 radical (unpaired) electrons. The summed E-state index contributed by atoms with van der Waals surface area (Å²) in [6.07, 6.45) is 11.6. The van der Waals surface area contributed by atoms with Gasteiger partial charge in [-0.25, -0.2) is 4.98 Å². The van der Waals surface area contributed by atoms with Gasteiger partial charge >= 0.3 is 0 Å². The fourth-order valence-electron chi connectivity index (χ4n) is 5.86. The van der Waals surface area contributed by atoms with Gasteiger partial charge in [0.15, 0.2) is 0 Å². The number of alkyl halides is 1. The van der Waals surface area contributed by atoms with Crippen molar-refractivity contribution < 1.29 is 4.79 Å². The van der Waals surface area contributed by atoms with Crippen molar-refractivity contribution in [3.05, 3.63) is 12.7 Å². The molecule has 23 heavy (non-hydrogen) atoms. The Morgan fingerprint density at radius 2 is 2.13 bits per heavy atom. The Labute approximate surface area is 145 Å². The summed E-state index contributed by atoms with van der Waals surface area (Å²) in [4.78, 5) is 16.5. The number of rotatable bonds is 5. The molecule has 0 saturated heterocycles. The molecule has 1 aromatic heterocycles. The molecule has 5 rings (SSSR count). The number of carbonyl (C=O) groups excluding carboxylic acids is 1. The SMILES string of the molecule is CC(Cn1cncn1)NC(=O)CC12CC3CC(CC(Br)(C3)C1)C2. The van der Waals surface area contributed by atoms with Crippen molar-refractivity contribution in [1.82, 2.24) is 20.1 Å². The monoisotopic (exact) mass is 380 g/mol. The van der Waals surface area contributed by atoms with Crippen LogP contribution in [0.3, 0.4) is 0 Å². The van der Waals surface area contributed by atoms with E-state index in [1.165, 1.54) is 44.9 Å². The fourth-order valence-corrected chi connectivity index (χ4v) is 7.37. The normalized spacial score (nSPS) is 39.4. The zero-order valence-corrected chi connectivity index (χ0v) is 15.3. The number of hydrogen-bond acceptors (Lipinski definition) is 3. The second-order valence-electron chi connectivity index (χ2n) is 8.37. The highest BCUT2D eigenvalue weighted by molar-refractivity contribution is 9.10. The molecule has 6 heteroatoms. The van der Waals surface area contributed by atoms with E-state index in [4.69, 9.17) is 0 Å². The molecule has 3 unspecified atom stereocenters. The molecule has 5 nitrogen and oxygen atoms in total. The van der Waals surface area contributed by atoms with Crippen LogP contribution in [0.2, 0.25) is 0 Å². The topological polar surface area (TPSA) is 59.8 Å². The van der Waals surface area contributed by atoms with E-state index in [-0.39, 0.29) is 17.4 Å². The molecular formula is C17H25BrN4O. The molecule has 1 N–H and O–H groups in total. The van der Waals surface area contributed by atoms with Crippen LogP contribution in [0.5, 0.6) is 0 Å². The number of hydrogen-bond donors (Lipinski definition) is 1. The molecule has 4 aliphatic rings. The third-order valence-corrected chi connectivity index (χ3v) is 6.91. The highest BCUT2D eigenvalue weighted by Crippen LogP contribution is 2.65. The van der Waals surface area contributed by atoms with Gasteiger partial charge in [0.25, 0.3) is 0 Å². The number of carbonyl (C=O) groups is 1. The van der Waals surface area contributed by atoms with Crippen LogP contribution in [-0.2, 0) is 11.3 Å². The van der Waals surface area contributed by atoms with Gasteiger partial charge in [0.1, 0.15) is 12.7 Å². The van der Waals surface area contributed by atoms with E-state index in [0.717, 1.165) is 11.8 Å². The highest BCUT2D eigenvalue weighted by atomic mass is 79.9. The molecule has 0 spiro atoms. The first-order valence-corrected chi connectivity index (χ1v) is 9.54. The van der Waals surface area contributed by atoms with Gasteiger partial charge in [-0.15, -0.1) is 0 Å². The average molecular weight is 381 g/mol. The van der Waals surface area contributed by atoms with Crippen molar-refractivity contribution >= 4 is 21.8 Å². The summed E-state index contributed by atoms with van der Waals surface area (Å²) in [5.41, 5.74) is 0.241. The number of nitrogens with one attached hydrogen (secondary N) is 1. The second kappa shape index (κ2) is 5.57. The van der Waals surface area contributed by atoms with Crippen LogP contribution in [0.15, 0.2) is 12.7 Å². The molecule has 4 bridgehead atoms. The summed E-state index contributed by atoms with van der Waals surface area (Å²) in [5.74, 6) is 1.86. The van der Waals surface area contributed by atoms with E-state index >= 15 is 0 Å². The van der Waals surface area contributed by atoms with Crippen molar-refractivity contribution in [2.45, 2.75) is 68.8 Å². The number of amides is 1. The van der Waals surface area contributed by atoms with Gasteiger partial charge in [-0.1, -0.05) is 15.9 Å². The Bertz CT molecular complexity index is 573. The van der Waals surface area contributed by atoms with E-state index < -0.39 is 0 Å². The predicted octanol–water partition coefficient (Wildman–Crippen LogP) is 2.91. The Morgan fingerprint density at radius 3 is 2.74 bits per heavy atom. The first-order chi connectivity index (χ1) is 10.9. The Hall–Kier alpha value is -0.910. The van der Waals surface area contributed by atoms with Gasteiger partial charge in [-0.05, 0) is 62.7 Å². The molecule has 3 atom stereocenters. The van der Waals surface area contributed by atoms with Gasteiger partial charge < -0.3 is 5.32 Å². The van der Waals surface area contributed by atoms with Crippen LogP contribution < -0.4 is 5.32 Å². The first kappa shape index (κ1) is 15.6. The lowest BCUT2D eigenvalue weighted by Gasteiger charge is -2.60. The molecule has 4 aliphatic carbocycles. The predicted molar refractivity (Wildman–Crippen MR) is 91.0 cm³/mol. The smallest absolute Gasteiger partial charge is 0.220 e. The lowest BCUT2D eigenvalue weighted by atomic mass is 9.48. The zero-order valence-electron chi connectivity index (χ0n) is 13.7. The van der Waals surface area contributed by atoms with Crippen molar-refractivity contribution in [3.8, 4) is 0 Å². The van der Waals surface area contributed by atoms with E-state index in [0.29, 0.717) is 17.3 Å². The van der Waals surface area contributed by atoms with Crippen LogP contribution in [0.25, 0.3) is 0 Å². The van der Waals surface area contributed by atoms with Crippen molar-refractivity contribution in [3.63, 3.8) is 0 Å². The van der Waals surface area contributed by atoms with Gasteiger partial charge in [-0.2, -0.15) is 5.10 Å². The van der Waals surface area contributed by atoms with E-state index in [2.05, 4.69) is 31.3 Å². The largest absolute Gasteiger partial charge is 0.352 e. The third-order valence-electron chi connectivity index (χ3n) is 5.98. The minimum absolute atomic E-state index is 0.0797. The number of aromatic nitrogens is 3. The molecule has 4 saturated carbocycles. The molecule has 126 valence electrons. The average Bonchev–Trinajstić information content (AvgIpc) is 2.86. The molecule has 0 aromatic carbocycles. The molecule has 4 fully saturated rings. The summed E-state index contributed by atoms with van der Waals surface area (Å²) < 4.78 is 2.09. The Morgan fingerprint density at radius 1 is 1.39 bits per heavy atom. The second-order valence-corrected chi connectivity index (χ2v) is 10.1. The summed E-state index contributed by atoms with van der Waals surface area (Å²) in [5, 5.41) is 7.26. The molecule has 1 heterocycles. The van der Waals surface area contributed by atoms with Crippen LogP contribution in [0.1, 0.15) is 51.9 Å². The number of nitrogens with zero attached hydrogens (tertiary/aromatic N) is 3. The zero-order chi connectivity index (χ0) is 16.1. The van der Waals surface area contributed by atoms with E-state index in [1.54, 1.807) is 11.0 Å². The van der Waals surface area contributed by atoms with Crippen molar-refractivity contribution in [2.75, 3.05) is 0 Å². The lowest BCUT2D eigenvalue weighted by Crippen LogP contribution is -2.54.